The smallest absolute Gasteiger partial charge is 0.376 e. The molecule has 0 amide bonds. The fraction of sp³-hybridized carbons (Fsp3) is 0.333. The van der Waals surface area contributed by atoms with Crippen molar-refractivity contribution < 1.29 is 18.5 Å². The van der Waals surface area contributed by atoms with Crippen LogP contribution in [-0.2, 0) is 9.09 Å². The molecule has 0 spiro atoms. The summed E-state index contributed by atoms with van der Waals surface area (Å²) in [5, 5.41) is 10.4. The molecule has 0 aliphatic carbocycles. The van der Waals surface area contributed by atoms with Gasteiger partial charge in [-0.05, 0) is 12.1 Å². The summed E-state index contributed by atoms with van der Waals surface area (Å²) < 4.78 is 21.8. The van der Waals surface area contributed by atoms with Gasteiger partial charge in [-0.25, -0.2) is 4.57 Å². The van der Waals surface area contributed by atoms with Crippen molar-refractivity contribution in [1.82, 2.24) is 0 Å². The molecular formula is C9H13N2O5P. The van der Waals surface area contributed by atoms with Crippen molar-refractivity contribution >= 4 is 13.3 Å². The lowest BCUT2D eigenvalue weighted by Gasteiger charge is -2.14. The third-order valence-corrected chi connectivity index (χ3v) is 2.96. The number of hydrogen-bond donors (Lipinski definition) is 1. The lowest BCUT2D eigenvalue weighted by Crippen LogP contribution is -2.08. The first-order valence-corrected chi connectivity index (χ1v) is 6.80. The largest absolute Gasteiger partial charge is 0.425 e. The second-order valence-corrected chi connectivity index (χ2v) is 5.22. The minimum Gasteiger partial charge on any atom is -0.425 e. The predicted molar refractivity (Wildman–Crippen MR) is 62.3 cm³/mol. The van der Waals surface area contributed by atoms with Gasteiger partial charge in [0, 0.05) is 25.3 Å². The van der Waals surface area contributed by atoms with Crippen LogP contribution in [0.4, 0.5) is 5.69 Å². The van der Waals surface area contributed by atoms with E-state index in [9.17, 15) is 14.7 Å². The predicted octanol–water partition coefficient (Wildman–Crippen LogP) is 1.77. The maximum Gasteiger partial charge on any atom is 0.376 e. The molecule has 94 valence electrons. The van der Waals surface area contributed by atoms with Crippen LogP contribution in [0, 0.1) is 10.1 Å². The molecule has 0 aliphatic rings. The van der Waals surface area contributed by atoms with Crippen LogP contribution in [0.15, 0.2) is 24.3 Å². The number of benzene rings is 1. The average molecular weight is 260 g/mol. The van der Waals surface area contributed by atoms with Gasteiger partial charge in [0.1, 0.15) is 5.75 Å². The Kier molecular flexibility index (Phi) is 4.62. The average Bonchev–Trinajstić information content (AvgIpc) is 2.26. The Morgan fingerprint density at radius 2 is 2.00 bits per heavy atom. The van der Waals surface area contributed by atoms with Crippen LogP contribution in [-0.4, -0.2) is 24.7 Å². The summed E-state index contributed by atoms with van der Waals surface area (Å²) in [6, 6.07) is 5.25. The van der Waals surface area contributed by atoms with E-state index < -0.39 is 12.5 Å². The maximum absolute atomic E-state index is 11.7. The lowest BCUT2D eigenvalue weighted by atomic mass is 10.3. The van der Waals surface area contributed by atoms with Crippen LogP contribution in [0.3, 0.4) is 0 Å². The van der Waals surface area contributed by atoms with Gasteiger partial charge >= 0.3 is 7.60 Å². The normalized spacial score (nSPS) is 14.0. The van der Waals surface area contributed by atoms with Crippen LogP contribution in [0.25, 0.3) is 0 Å². The van der Waals surface area contributed by atoms with Crippen LogP contribution in [0.2, 0.25) is 0 Å². The molecule has 8 heteroatoms. The highest BCUT2D eigenvalue weighted by atomic mass is 31.2. The van der Waals surface area contributed by atoms with Gasteiger partial charge in [-0.2, -0.15) is 0 Å². The lowest BCUT2D eigenvalue weighted by molar-refractivity contribution is -0.384. The third kappa shape index (κ3) is 4.52. The van der Waals surface area contributed by atoms with E-state index in [0.29, 0.717) is 0 Å². The van der Waals surface area contributed by atoms with Crippen molar-refractivity contribution in [2.24, 2.45) is 5.73 Å². The molecule has 1 aromatic carbocycles. The summed E-state index contributed by atoms with van der Waals surface area (Å²) >= 11 is 0. The number of rotatable bonds is 6. The maximum atomic E-state index is 11.7. The van der Waals surface area contributed by atoms with E-state index in [2.05, 4.69) is 0 Å². The third-order valence-electron chi connectivity index (χ3n) is 1.76. The molecule has 0 saturated carbocycles. The van der Waals surface area contributed by atoms with Crippen molar-refractivity contribution in [3.63, 3.8) is 0 Å². The summed E-state index contributed by atoms with van der Waals surface area (Å²) in [6.45, 7) is 1.67. The summed E-state index contributed by atoms with van der Waals surface area (Å²) in [5.74, 6) is 0.249. The zero-order valence-corrected chi connectivity index (χ0v) is 10.1. The molecule has 0 saturated heterocycles. The monoisotopic (exact) mass is 260 g/mol. The molecule has 0 aliphatic heterocycles. The van der Waals surface area contributed by atoms with Crippen LogP contribution in [0.5, 0.6) is 5.75 Å². The van der Waals surface area contributed by atoms with E-state index >= 15 is 0 Å². The first-order valence-electron chi connectivity index (χ1n) is 4.81. The van der Waals surface area contributed by atoms with E-state index in [4.69, 9.17) is 14.8 Å². The quantitative estimate of drug-likeness (QED) is 0.474. The van der Waals surface area contributed by atoms with Gasteiger partial charge in [0.25, 0.3) is 5.69 Å². The van der Waals surface area contributed by atoms with Gasteiger partial charge in [-0.15, -0.1) is 0 Å². The molecule has 1 unspecified atom stereocenters. The number of nitro groups is 1. The molecule has 17 heavy (non-hydrogen) atoms. The Hall–Kier alpha value is -1.43. The minimum absolute atomic E-state index is 0.0637. The first kappa shape index (κ1) is 13.6. The fourth-order valence-corrected chi connectivity index (χ4v) is 2.06. The van der Waals surface area contributed by atoms with E-state index in [1.165, 1.54) is 30.9 Å². The van der Waals surface area contributed by atoms with Gasteiger partial charge in [0.15, 0.2) is 0 Å². The van der Waals surface area contributed by atoms with Crippen molar-refractivity contribution in [3.05, 3.63) is 34.4 Å². The molecule has 0 fully saturated rings. The molecule has 1 rings (SSSR count). The van der Waals surface area contributed by atoms with Crippen molar-refractivity contribution in [2.75, 3.05) is 19.8 Å². The van der Waals surface area contributed by atoms with Gasteiger partial charge in [-0.3, -0.25) is 14.6 Å². The highest BCUT2D eigenvalue weighted by Crippen LogP contribution is 2.44. The standard InChI is InChI=1S/C9H13N2O5P/c1-17(14,15-7-6-10)16-9-4-2-8(3-5-9)11(12)13/h2-5H,6-7,10H2,1H3. The van der Waals surface area contributed by atoms with E-state index in [0.717, 1.165) is 0 Å². The summed E-state index contributed by atoms with van der Waals surface area (Å²) in [4.78, 5) is 9.88. The number of non-ortho nitro benzene ring substituents is 1. The first-order chi connectivity index (χ1) is 7.94. The molecule has 7 nitrogen and oxygen atoms in total. The Morgan fingerprint density at radius 1 is 1.41 bits per heavy atom. The van der Waals surface area contributed by atoms with E-state index in [1.807, 2.05) is 0 Å². The minimum atomic E-state index is -3.22. The highest BCUT2D eigenvalue weighted by molar-refractivity contribution is 7.53. The van der Waals surface area contributed by atoms with Crippen LogP contribution < -0.4 is 10.3 Å². The summed E-state index contributed by atoms with van der Waals surface area (Å²) in [5.41, 5.74) is 5.14. The Labute approximate surface area is 98.2 Å². The molecular weight excluding hydrogens is 247 g/mol. The number of nitrogens with two attached hydrogens (primary N) is 1. The van der Waals surface area contributed by atoms with Gasteiger partial charge in [0.05, 0.1) is 11.5 Å². The summed E-state index contributed by atoms with van der Waals surface area (Å²) in [7, 11) is -3.22. The second-order valence-electron chi connectivity index (χ2n) is 3.24. The van der Waals surface area contributed by atoms with Crippen molar-refractivity contribution in [3.8, 4) is 5.75 Å². The second kappa shape index (κ2) is 5.77. The van der Waals surface area contributed by atoms with Gasteiger partial charge in [0.2, 0.25) is 0 Å². The number of nitro benzene ring substituents is 1. The van der Waals surface area contributed by atoms with Gasteiger partial charge in [-0.1, -0.05) is 0 Å². The molecule has 0 bridgehead atoms. The molecule has 1 atom stereocenters. The Bertz CT molecular complexity index is 434. The van der Waals surface area contributed by atoms with Crippen molar-refractivity contribution in [2.45, 2.75) is 0 Å². The highest BCUT2D eigenvalue weighted by Gasteiger charge is 2.18. The topological polar surface area (TPSA) is 105 Å². The van der Waals surface area contributed by atoms with E-state index in [1.54, 1.807) is 0 Å². The molecule has 0 radical (unpaired) electrons. The molecule has 0 aromatic heterocycles. The Morgan fingerprint density at radius 3 is 2.47 bits per heavy atom. The van der Waals surface area contributed by atoms with Crippen LogP contribution >= 0.6 is 7.60 Å². The zero-order chi connectivity index (χ0) is 12.9. The van der Waals surface area contributed by atoms with Crippen LogP contribution in [0.1, 0.15) is 0 Å². The number of nitrogens with zero attached hydrogens (tertiary/aromatic N) is 1. The fourth-order valence-electron chi connectivity index (χ4n) is 1.07. The molecule has 0 heterocycles. The van der Waals surface area contributed by atoms with Crippen molar-refractivity contribution in [1.29, 1.82) is 0 Å². The molecule has 1 aromatic rings. The SMILES string of the molecule is CP(=O)(OCCN)Oc1ccc([N+](=O)[O-])cc1. The van der Waals surface area contributed by atoms with E-state index in [-0.39, 0.29) is 24.6 Å². The summed E-state index contributed by atoms with van der Waals surface area (Å²) in [6.07, 6.45) is 0. The number of hydrogen-bond acceptors (Lipinski definition) is 6. The Balaban J connectivity index is 2.68. The zero-order valence-electron chi connectivity index (χ0n) is 9.24. The van der Waals surface area contributed by atoms with Gasteiger partial charge < -0.3 is 10.3 Å². The molecule has 2 N–H and O–H groups in total.